The van der Waals surface area contributed by atoms with Gasteiger partial charge in [0.15, 0.2) is 0 Å². The summed E-state index contributed by atoms with van der Waals surface area (Å²) >= 11 is 0. The number of benzene rings is 1. The molecule has 0 fully saturated rings. The molecule has 8 heteroatoms. The minimum atomic E-state index is -3.80. The molecule has 2 rings (SSSR count). The molecule has 1 heterocycles. The fourth-order valence-corrected chi connectivity index (χ4v) is 2.73. The van der Waals surface area contributed by atoms with E-state index in [2.05, 4.69) is 19.9 Å². The predicted molar refractivity (Wildman–Crippen MR) is 72.4 cm³/mol. The van der Waals surface area contributed by atoms with Crippen LogP contribution in [-0.2, 0) is 23.1 Å². The molecule has 0 aliphatic heterocycles. The average Bonchev–Trinajstić information content (AvgIpc) is 2.47. The van der Waals surface area contributed by atoms with Gasteiger partial charge in [-0.15, -0.1) is 5.10 Å². The van der Waals surface area contributed by atoms with Gasteiger partial charge in [0, 0.05) is 0 Å². The smallest absolute Gasteiger partial charge is 0.264 e. The molecule has 1 aromatic heterocycles. The molecule has 2 N–H and O–H groups in total. The van der Waals surface area contributed by atoms with Gasteiger partial charge in [-0.3, -0.25) is 0 Å². The van der Waals surface area contributed by atoms with Gasteiger partial charge in [-0.1, -0.05) is 13.0 Å². The van der Waals surface area contributed by atoms with Crippen molar-refractivity contribution >= 4 is 16.0 Å². The highest BCUT2D eigenvalue weighted by atomic mass is 32.2. The molecule has 0 aliphatic carbocycles. The molecule has 0 aliphatic rings. The predicted octanol–water partition coefficient (Wildman–Crippen LogP) is 0.727. The quantitative estimate of drug-likeness (QED) is 0.842. The maximum absolute atomic E-state index is 12.2. The van der Waals surface area contributed by atoms with Crippen LogP contribution in [0.15, 0.2) is 35.5 Å². The molecule has 0 radical (unpaired) electrons. The number of nitrogens with one attached hydrogen (secondary N) is 1. The Morgan fingerprint density at radius 3 is 2.65 bits per heavy atom. The van der Waals surface area contributed by atoms with E-state index in [1.54, 1.807) is 6.07 Å². The minimum absolute atomic E-state index is 0.0474. The van der Waals surface area contributed by atoms with E-state index < -0.39 is 10.0 Å². The van der Waals surface area contributed by atoms with E-state index in [0.29, 0.717) is 5.56 Å². The van der Waals surface area contributed by atoms with E-state index in [0.717, 1.165) is 12.0 Å². The summed E-state index contributed by atoms with van der Waals surface area (Å²) < 4.78 is 26.6. The summed E-state index contributed by atoms with van der Waals surface area (Å²) in [5.74, 6) is -0.0994. The van der Waals surface area contributed by atoms with E-state index in [4.69, 9.17) is 0 Å². The molecule has 1 aromatic carbocycles. The molecule has 0 unspecified atom stereocenters. The summed E-state index contributed by atoms with van der Waals surface area (Å²) in [4.78, 5) is 3.80. The van der Waals surface area contributed by atoms with Crippen molar-refractivity contribution in [3.8, 4) is 0 Å². The molecule has 0 atom stereocenters. The van der Waals surface area contributed by atoms with Crippen molar-refractivity contribution in [3.05, 3.63) is 41.7 Å². The zero-order chi connectivity index (χ0) is 14.6. The largest absolute Gasteiger partial charge is 0.392 e. The van der Waals surface area contributed by atoms with E-state index in [1.807, 2.05) is 6.92 Å². The number of anilines is 1. The van der Waals surface area contributed by atoms with Crippen molar-refractivity contribution in [2.24, 2.45) is 0 Å². The fourth-order valence-electron chi connectivity index (χ4n) is 1.74. The molecule has 0 spiro atoms. The Balaban J connectivity index is 2.35. The zero-order valence-electron chi connectivity index (χ0n) is 10.8. The fraction of sp³-hybridized carbons (Fsp3) is 0.250. The van der Waals surface area contributed by atoms with Crippen LogP contribution in [0.25, 0.3) is 0 Å². The molecule has 2 aromatic rings. The maximum Gasteiger partial charge on any atom is 0.264 e. The molecule has 0 saturated heterocycles. The lowest BCUT2D eigenvalue weighted by molar-refractivity contribution is 0.280. The van der Waals surface area contributed by atoms with E-state index in [9.17, 15) is 13.5 Å². The van der Waals surface area contributed by atoms with Crippen molar-refractivity contribution < 1.29 is 13.5 Å². The maximum atomic E-state index is 12.2. The van der Waals surface area contributed by atoms with Gasteiger partial charge in [0.2, 0.25) is 0 Å². The first-order valence-electron chi connectivity index (χ1n) is 5.96. The van der Waals surface area contributed by atoms with Crippen molar-refractivity contribution in [2.75, 3.05) is 4.72 Å². The van der Waals surface area contributed by atoms with Crippen LogP contribution in [0.2, 0.25) is 0 Å². The van der Waals surface area contributed by atoms with Gasteiger partial charge in [-0.25, -0.2) is 18.1 Å². The standard InChI is InChI=1S/C12H14N4O3S/c1-2-9-3-4-11(7-10(9)8-17)20(18,19)16-12-13-5-6-14-15-12/h3-7,17H,2,8H2,1H3,(H,13,15,16). The Labute approximate surface area is 116 Å². The third-order valence-electron chi connectivity index (χ3n) is 2.75. The number of sulfonamides is 1. The van der Waals surface area contributed by atoms with E-state index >= 15 is 0 Å². The third kappa shape index (κ3) is 3.09. The number of hydrogen-bond acceptors (Lipinski definition) is 6. The topological polar surface area (TPSA) is 105 Å². The number of aryl methyl sites for hydroxylation is 1. The van der Waals surface area contributed by atoms with Crippen molar-refractivity contribution in [1.82, 2.24) is 15.2 Å². The molecule has 0 bridgehead atoms. The first-order chi connectivity index (χ1) is 9.56. The van der Waals surface area contributed by atoms with Gasteiger partial charge in [0.05, 0.1) is 23.9 Å². The molecule has 20 heavy (non-hydrogen) atoms. The second-order valence-corrected chi connectivity index (χ2v) is 5.70. The average molecular weight is 294 g/mol. The highest BCUT2D eigenvalue weighted by Gasteiger charge is 2.17. The zero-order valence-corrected chi connectivity index (χ0v) is 11.6. The van der Waals surface area contributed by atoms with Gasteiger partial charge in [0.1, 0.15) is 0 Å². The number of aliphatic hydroxyl groups is 1. The molecular formula is C12H14N4O3S. The number of rotatable bonds is 5. The second kappa shape index (κ2) is 5.93. The normalized spacial score (nSPS) is 11.3. The van der Waals surface area contributed by atoms with Crippen LogP contribution in [0.5, 0.6) is 0 Å². The summed E-state index contributed by atoms with van der Waals surface area (Å²) in [5, 5.41) is 16.4. The van der Waals surface area contributed by atoms with Crippen LogP contribution in [0.1, 0.15) is 18.1 Å². The Hall–Kier alpha value is -2.06. The van der Waals surface area contributed by atoms with Crippen molar-refractivity contribution in [2.45, 2.75) is 24.8 Å². The molecular weight excluding hydrogens is 280 g/mol. The van der Waals surface area contributed by atoms with Crippen LogP contribution < -0.4 is 4.72 Å². The van der Waals surface area contributed by atoms with Crippen LogP contribution in [0.4, 0.5) is 5.95 Å². The molecule has 7 nitrogen and oxygen atoms in total. The number of nitrogens with zero attached hydrogens (tertiary/aromatic N) is 3. The third-order valence-corrected chi connectivity index (χ3v) is 4.07. The van der Waals surface area contributed by atoms with E-state index in [1.165, 1.54) is 24.5 Å². The Kier molecular flexibility index (Phi) is 4.26. The second-order valence-electron chi connectivity index (χ2n) is 4.01. The number of aliphatic hydroxyl groups excluding tert-OH is 1. The summed E-state index contributed by atoms with van der Waals surface area (Å²) in [6.07, 6.45) is 3.40. The lowest BCUT2D eigenvalue weighted by atomic mass is 10.1. The van der Waals surface area contributed by atoms with Gasteiger partial charge in [-0.05, 0) is 29.7 Å². The van der Waals surface area contributed by atoms with Crippen LogP contribution in [0.3, 0.4) is 0 Å². The van der Waals surface area contributed by atoms with Gasteiger partial charge < -0.3 is 5.11 Å². The highest BCUT2D eigenvalue weighted by Crippen LogP contribution is 2.18. The van der Waals surface area contributed by atoms with Gasteiger partial charge in [0.25, 0.3) is 16.0 Å². The Bertz CT molecular complexity index is 689. The summed E-state index contributed by atoms with van der Waals surface area (Å²) in [6, 6.07) is 4.61. The number of hydrogen-bond donors (Lipinski definition) is 2. The van der Waals surface area contributed by atoms with Gasteiger partial charge >= 0.3 is 0 Å². The monoisotopic (exact) mass is 294 g/mol. The SMILES string of the molecule is CCc1ccc(S(=O)(=O)Nc2nccnn2)cc1CO. The first-order valence-corrected chi connectivity index (χ1v) is 7.44. The minimum Gasteiger partial charge on any atom is -0.392 e. The Morgan fingerprint density at radius 1 is 1.25 bits per heavy atom. The summed E-state index contributed by atoms with van der Waals surface area (Å²) in [5.41, 5.74) is 1.49. The van der Waals surface area contributed by atoms with Crippen LogP contribution in [-0.4, -0.2) is 28.7 Å². The van der Waals surface area contributed by atoms with Crippen molar-refractivity contribution in [3.63, 3.8) is 0 Å². The van der Waals surface area contributed by atoms with Crippen LogP contribution in [0, 0.1) is 0 Å². The molecule has 0 saturated carbocycles. The first kappa shape index (κ1) is 14.4. The lowest BCUT2D eigenvalue weighted by Gasteiger charge is -2.10. The molecule has 106 valence electrons. The summed E-state index contributed by atoms with van der Waals surface area (Å²) in [7, 11) is -3.80. The Morgan fingerprint density at radius 2 is 2.05 bits per heavy atom. The number of aromatic nitrogens is 3. The highest BCUT2D eigenvalue weighted by molar-refractivity contribution is 7.92. The lowest BCUT2D eigenvalue weighted by Crippen LogP contribution is -2.15. The molecule has 0 amide bonds. The van der Waals surface area contributed by atoms with Gasteiger partial charge in [-0.2, -0.15) is 5.10 Å². The van der Waals surface area contributed by atoms with Crippen molar-refractivity contribution in [1.29, 1.82) is 0 Å². The van der Waals surface area contributed by atoms with Crippen LogP contribution >= 0.6 is 0 Å². The van der Waals surface area contributed by atoms with E-state index in [-0.39, 0.29) is 17.5 Å². The summed E-state index contributed by atoms with van der Waals surface area (Å²) in [6.45, 7) is 1.72.